The normalized spacial score (nSPS) is 12.8. The maximum Gasteiger partial charge on any atom is 0.211 e. The molecule has 3 rings (SSSR count). The minimum atomic E-state index is -0.260. The Bertz CT molecular complexity index is 873. The standard InChI is InChI=1S/C17H16FN3OS/c1-12-11-23-17(21(12)10-16-4-3-9-22-16)20-19-13(2)14-5-7-15(18)8-6-14/h3-9,11H,10H2,1-2H3/b19-13+,20-17-. The van der Waals surface area contributed by atoms with Gasteiger partial charge in [-0.2, -0.15) is 5.10 Å². The Balaban J connectivity index is 1.90. The zero-order valence-electron chi connectivity index (χ0n) is 12.9. The molecule has 6 heteroatoms. The second kappa shape index (κ2) is 6.75. The maximum atomic E-state index is 13.0. The molecule has 0 saturated carbocycles. The topological polar surface area (TPSA) is 42.8 Å². The van der Waals surface area contributed by atoms with Gasteiger partial charge in [0.15, 0.2) is 0 Å². The molecule has 1 aromatic carbocycles. The van der Waals surface area contributed by atoms with Gasteiger partial charge in [0.25, 0.3) is 0 Å². The zero-order valence-corrected chi connectivity index (χ0v) is 13.7. The van der Waals surface area contributed by atoms with Gasteiger partial charge in [-0.1, -0.05) is 12.1 Å². The summed E-state index contributed by atoms with van der Waals surface area (Å²) in [4.78, 5) is 0.792. The van der Waals surface area contributed by atoms with Crippen molar-refractivity contribution in [3.63, 3.8) is 0 Å². The van der Waals surface area contributed by atoms with E-state index < -0.39 is 0 Å². The average molecular weight is 329 g/mol. The molecule has 2 heterocycles. The number of furan rings is 1. The highest BCUT2D eigenvalue weighted by molar-refractivity contribution is 7.07. The molecule has 0 atom stereocenters. The van der Waals surface area contributed by atoms with Crippen molar-refractivity contribution >= 4 is 17.0 Å². The third-order valence-electron chi connectivity index (χ3n) is 3.43. The van der Waals surface area contributed by atoms with E-state index in [2.05, 4.69) is 10.2 Å². The van der Waals surface area contributed by atoms with Gasteiger partial charge >= 0.3 is 0 Å². The van der Waals surface area contributed by atoms with Crippen molar-refractivity contribution in [2.75, 3.05) is 0 Å². The van der Waals surface area contributed by atoms with Gasteiger partial charge in [0.05, 0.1) is 18.5 Å². The number of benzene rings is 1. The van der Waals surface area contributed by atoms with Crippen molar-refractivity contribution in [3.05, 3.63) is 75.7 Å². The predicted molar refractivity (Wildman–Crippen MR) is 89.0 cm³/mol. The third-order valence-corrected chi connectivity index (χ3v) is 4.40. The Kier molecular flexibility index (Phi) is 4.52. The number of aromatic nitrogens is 1. The van der Waals surface area contributed by atoms with Gasteiger partial charge in [0, 0.05) is 11.1 Å². The van der Waals surface area contributed by atoms with Crippen LogP contribution in [0.5, 0.6) is 0 Å². The third kappa shape index (κ3) is 3.65. The van der Waals surface area contributed by atoms with Crippen molar-refractivity contribution < 1.29 is 8.81 Å². The highest BCUT2D eigenvalue weighted by Gasteiger charge is 2.04. The van der Waals surface area contributed by atoms with E-state index in [1.165, 1.54) is 23.5 Å². The minimum absolute atomic E-state index is 0.260. The van der Waals surface area contributed by atoms with E-state index in [0.717, 1.165) is 27.5 Å². The monoisotopic (exact) mass is 329 g/mol. The van der Waals surface area contributed by atoms with Gasteiger partial charge < -0.3 is 8.98 Å². The largest absolute Gasteiger partial charge is 0.467 e. The molecule has 0 radical (unpaired) electrons. The van der Waals surface area contributed by atoms with Crippen LogP contribution in [0.15, 0.2) is 62.7 Å². The lowest BCUT2D eigenvalue weighted by Gasteiger charge is -2.02. The Morgan fingerprint density at radius 3 is 2.74 bits per heavy atom. The van der Waals surface area contributed by atoms with E-state index in [-0.39, 0.29) is 5.82 Å². The van der Waals surface area contributed by atoms with E-state index in [9.17, 15) is 4.39 Å². The lowest BCUT2D eigenvalue weighted by atomic mass is 10.1. The second-order valence-electron chi connectivity index (χ2n) is 5.12. The molecule has 0 N–H and O–H groups in total. The van der Waals surface area contributed by atoms with Crippen LogP contribution in [0.3, 0.4) is 0 Å². The SMILES string of the molecule is C/C(=N\N=c1/scc(C)n1Cc1ccco1)c1ccc(F)cc1. The van der Waals surface area contributed by atoms with Crippen LogP contribution in [-0.4, -0.2) is 10.3 Å². The van der Waals surface area contributed by atoms with Crippen molar-refractivity contribution in [3.8, 4) is 0 Å². The predicted octanol–water partition coefficient (Wildman–Crippen LogP) is 3.96. The van der Waals surface area contributed by atoms with Crippen molar-refractivity contribution in [2.24, 2.45) is 10.2 Å². The Morgan fingerprint density at radius 1 is 1.26 bits per heavy atom. The fourth-order valence-corrected chi connectivity index (χ4v) is 2.94. The molecule has 0 aliphatic rings. The summed E-state index contributed by atoms with van der Waals surface area (Å²) in [7, 11) is 0. The molecule has 0 unspecified atom stereocenters. The molecule has 23 heavy (non-hydrogen) atoms. The van der Waals surface area contributed by atoms with Crippen molar-refractivity contribution in [2.45, 2.75) is 20.4 Å². The van der Waals surface area contributed by atoms with Gasteiger partial charge in [-0.05, 0) is 43.7 Å². The van der Waals surface area contributed by atoms with Crippen LogP contribution < -0.4 is 4.80 Å². The molecule has 3 aromatic rings. The van der Waals surface area contributed by atoms with Crippen molar-refractivity contribution in [1.29, 1.82) is 0 Å². The first-order chi connectivity index (χ1) is 11.1. The number of aryl methyl sites for hydroxylation is 1. The molecule has 0 aliphatic heterocycles. The summed E-state index contributed by atoms with van der Waals surface area (Å²) in [5.74, 6) is 0.607. The molecule has 118 valence electrons. The van der Waals surface area contributed by atoms with E-state index in [1.54, 1.807) is 18.4 Å². The Hall–Kier alpha value is -2.47. The highest BCUT2D eigenvalue weighted by atomic mass is 32.1. The van der Waals surface area contributed by atoms with Gasteiger partial charge in [0.1, 0.15) is 11.6 Å². The summed E-state index contributed by atoms with van der Waals surface area (Å²) in [6, 6.07) is 10.0. The molecule has 0 amide bonds. The van der Waals surface area contributed by atoms with Crippen LogP contribution in [0.4, 0.5) is 4.39 Å². The summed E-state index contributed by atoms with van der Waals surface area (Å²) in [5.41, 5.74) is 2.68. The van der Waals surface area contributed by atoms with Crippen LogP contribution >= 0.6 is 11.3 Å². The first-order valence-corrected chi connectivity index (χ1v) is 8.03. The van der Waals surface area contributed by atoms with Gasteiger partial charge in [-0.3, -0.25) is 0 Å². The molecule has 0 fully saturated rings. The average Bonchev–Trinajstić information content (AvgIpc) is 3.18. The first kappa shape index (κ1) is 15.4. The molecule has 2 aromatic heterocycles. The summed E-state index contributed by atoms with van der Waals surface area (Å²) < 4.78 is 20.4. The molecule has 0 bridgehead atoms. The molecule has 0 aliphatic carbocycles. The lowest BCUT2D eigenvalue weighted by Crippen LogP contribution is -2.16. The smallest absolute Gasteiger partial charge is 0.211 e. The van der Waals surface area contributed by atoms with Crippen LogP contribution in [0.1, 0.15) is 23.9 Å². The van der Waals surface area contributed by atoms with E-state index in [0.29, 0.717) is 6.54 Å². The van der Waals surface area contributed by atoms with Crippen LogP contribution in [0.2, 0.25) is 0 Å². The zero-order chi connectivity index (χ0) is 16.2. The van der Waals surface area contributed by atoms with Crippen molar-refractivity contribution in [1.82, 2.24) is 4.57 Å². The summed E-state index contributed by atoms with van der Waals surface area (Å²) in [6.45, 7) is 4.50. The Morgan fingerprint density at radius 2 is 2.04 bits per heavy atom. The number of nitrogens with zero attached hydrogens (tertiary/aromatic N) is 3. The fraction of sp³-hybridized carbons (Fsp3) is 0.176. The van der Waals surface area contributed by atoms with Crippen LogP contribution in [0, 0.1) is 12.7 Å². The summed E-state index contributed by atoms with van der Waals surface area (Å²) >= 11 is 1.53. The second-order valence-corrected chi connectivity index (χ2v) is 5.95. The molecule has 0 saturated heterocycles. The minimum Gasteiger partial charge on any atom is -0.467 e. The first-order valence-electron chi connectivity index (χ1n) is 7.15. The Labute approximate surface area is 137 Å². The van der Waals surface area contributed by atoms with Crippen LogP contribution in [-0.2, 0) is 6.54 Å². The number of thiazole rings is 1. The van der Waals surface area contributed by atoms with Crippen LogP contribution in [0.25, 0.3) is 0 Å². The van der Waals surface area contributed by atoms with Gasteiger partial charge in [-0.15, -0.1) is 16.4 Å². The molecular formula is C17H16FN3OS. The molecule has 0 spiro atoms. The number of hydrogen-bond acceptors (Lipinski definition) is 4. The number of rotatable bonds is 4. The van der Waals surface area contributed by atoms with Gasteiger partial charge in [0.2, 0.25) is 4.80 Å². The highest BCUT2D eigenvalue weighted by Crippen LogP contribution is 2.08. The molecular weight excluding hydrogens is 313 g/mol. The summed E-state index contributed by atoms with van der Waals surface area (Å²) in [6.07, 6.45) is 1.66. The van der Waals surface area contributed by atoms with E-state index >= 15 is 0 Å². The number of halogens is 1. The van der Waals surface area contributed by atoms with Gasteiger partial charge in [-0.25, -0.2) is 4.39 Å². The lowest BCUT2D eigenvalue weighted by molar-refractivity contribution is 0.488. The quantitative estimate of drug-likeness (QED) is 0.528. The summed E-state index contributed by atoms with van der Waals surface area (Å²) in [5, 5.41) is 10.6. The fourth-order valence-electron chi connectivity index (χ4n) is 2.11. The van der Waals surface area contributed by atoms with E-state index in [1.807, 2.05) is 35.9 Å². The maximum absolute atomic E-state index is 13.0. The van der Waals surface area contributed by atoms with E-state index in [4.69, 9.17) is 4.42 Å². The number of hydrogen-bond donors (Lipinski definition) is 0. The molecule has 4 nitrogen and oxygen atoms in total.